The van der Waals surface area contributed by atoms with Crippen LogP contribution in [-0.4, -0.2) is 5.97 Å². The Balaban J connectivity index is 2.68. The second-order valence-corrected chi connectivity index (χ2v) is 4.72. The number of aryl methyl sites for hydroxylation is 1. The SMILES string of the molecule is C/C=C1/c2cc(C)ccc2OC(=O)C1(C)C. The molecule has 1 aliphatic rings. The fraction of sp³-hybridized carbons (Fsp3) is 0.357. The molecule has 0 bridgehead atoms. The Morgan fingerprint density at radius 1 is 1.31 bits per heavy atom. The maximum atomic E-state index is 11.9. The minimum absolute atomic E-state index is 0.183. The molecule has 1 aliphatic heterocycles. The van der Waals surface area contributed by atoms with Crippen molar-refractivity contribution in [2.75, 3.05) is 0 Å². The highest BCUT2D eigenvalue weighted by molar-refractivity contribution is 5.98. The smallest absolute Gasteiger partial charge is 0.321 e. The average Bonchev–Trinajstić information content (AvgIpc) is 2.21. The quantitative estimate of drug-likeness (QED) is 0.491. The number of carbonyl (C=O) groups excluding carboxylic acids is 1. The molecule has 0 saturated carbocycles. The molecular weight excluding hydrogens is 200 g/mol. The summed E-state index contributed by atoms with van der Waals surface area (Å²) in [5.74, 6) is 0.486. The van der Waals surface area contributed by atoms with E-state index in [2.05, 4.69) is 6.07 Å². The van der Waals surface area contributed by atoms with Crippen LogP contribution in [0.2, 0.25) is 0 Å². The molecule has 2 heteroatoms. The lowest BCUT2D eigenvalue weighted by molar-refractivity contribution is -0.141. The molecule has 0 amide bonds. The molecule has 2 rings (SSSR count). The number of ether oxygens (including phenoxy) is 1. The van der Waals surface area contributed by atoms with Crippen molar-refractivity contribution in [2.45, 2.75) is 27.7 Å². The van der Waals surface area contributed by atoms with Gasteiger partial charge in [-0.25, -0.2) is 0 Å². The minimum atomic E-state index is -0.560. The van der Waals surface area contributed by atoms with Crippen molar-refractivity contribution >= 4 is 11.5 Å². The summed E-state index contributed by atoms with van der Waals surface area (Å²) in [6, 6.07) is 5.89. The van der Waals surface area contributed by atoms with Crippen LogP contribution in [0.1, 0.15) is 31.9 Å². The number of rotatable bonds is 0. The fourth-order valence-electron chi connectivity index (χ4n) is 2.13. The highest BCUT2D eigenvalue weighted by atomic mass is 16.5. The molecule has 0 spiro atoms. The van der Waals surface area contributed by atoms with Crippen LogP contribution in [0.3, 0.4) is 0 Å². The zero-order valence-corrected chi connectivity index (χ0v) is 10.1. The largest absolute Gasteiger partial charge is 0.425 e. The van der Waals surface area contributed by atoms with E-state index in [9.17, 15) is 4.79 Å². The van der Waals surface area contributed by atoms with Crippen LogP contribution >= 0.6 is 0 Å². The highest BCUT2D eigenvalue weighted by Crippen LogP contribution is 2.44. The molecule has 16 heavy (non-hydrogen) atoms. The Labute approximate surface area is 95.9 Å². The highest BCUT2D eigenvalue weighted by Gasteiger charge is 2.39. The number of hydrogen-bond acceptors (Lipinski definition) is 2. The first kappa shape index (κ1) is 10.9. The molecule has 1 heterocycles. The van der Waals surface area contributed by atoms with E-state index < -0.39 is 5.41 Å². The van der Waals surface area contributed by atoms with Crippen molar-refractivity contribution < 1.29 is 9.53 Å². The normalized spacial score (nSPS) is 20.5. The van der Waals surface area contributed by atoms with E-state index in [0.717, 1.165) is 11.1 Å². The van der Waals surface area contributed by atoms with E-state index in [-0.39, 0.29) is 5.97 Å². The second kappa shape index (κ2) is 3.48. The summed E-state index contributed by atoms with van der Waals surface area (Å²) in [6.45, 7) is 7.80. The molecule has 1 aromatic carbocycles. The third-order valence-electron chi connectivity index (χ3n) is 3.10. The van der Waals surface area contributed by atoms with Gasteiger partial charge in [0.1, 0.15) is 5.75 Å². The van der Waals surface area contributed by atoms with Crippen molar-refractivity contribution in [3.05, 3.63) is 35.4 Å². The monoisotopic (exact) mass is 216 g/mol. The Morgan fingerprint density at radius 2 is 2.00 bits per heavy atom. The van der Waals surface area contributed by atoms with Gasteiger partial charge in [-0.3, -0.25) is 4.79 Å². The van der Waals surface area contributed by atoms with Gasteiger partial charge in [-0.05, 0) is 45.4 Å². The van der Waals surface area contributed by atoms with Gasteiger partial charge in [0.15, 0.2) is 0 Å². The zero-order valence-electron chi connectivity index (χ0n) is 10.1. The van der Waals surface area contributed by atoms with Gasteiger partial charge in [-0.15, -0.1) is 0 Å². The van der Waals surface area contributed by atoms with E-state index in [1.807, 2.05) is 45.9 Å². The molecule has 0 aliphatic carbocycles. The molecule has 84 valence electrons. The lowest BCUT2D eigenvalue weighted by Crippen LogP contribution is -2.34. The van der Waals surface area contributed by atoms with Crippen molar-refractivity contribution in [2.24, 2.45) is 5.41 Å². The third kappa shape index (κ3) is 1.45. The minimum Gasteiger partial charge on any atom is -0.425 e. The van der Waals surface area contributed by atoms with Gasteiger partial charge < -0.3 is 4.74 Å². The standard InChI is InChI=1S/C14H16O2/c1-5-11-10-8-9(2)6-7-12(10)16-13(15)14(11,3)4/h5-8H,1-4H3/b11-5-. The number of esters is 1. The summed E-state index contributed by atoms with van der Waals surface area (Å²) in [6.07, 6.45) is 2.00. The molecule has 0 unspecified atom stereocenters. The van der Waals surface area contributed by atoms with Gasteiger partial charge in [0.05, 0.1) is 5.41 Å². The van der Waals surface area contributed by atoms with Crippen molar-refractivity contribution in [1.29, 1.82) is 0 Å². The molecule has 2 nitrogen and oxygen atoms in total. The van der Waals surface area contributed by atoms with Crippen LogP contribution < -0.4 is 4.74 Å². The van der Waals surface area contributed by atoms with Gasteiger partial charge in [-0.2, -0.15) is 0 Å². The Kier molecular flexibility index (Phi) is 2.38. The van der Waals surface area contributed by atoms with Crippen molar-refractivity contribution in [1.82, 2.24) is 0 Å². The molecule has 0 fully saturated rings. The molecule has 0 aromatic heterocycles. The third-order valence-corrected chi connectivity index (χ3v) is 3.10. The Hall–Kier alpha value is -1.57. The molecule has 0 radical (unpaired) electrons. The number of hydrogen-bond donors (Lipinski definition) is 0. The summed E-state index contributed by atoms with van der Waals surface area (Å²) < 4.78 is 5.35. The summed E-state index contributed by atoms with van der Waals surface area (Å²) in [7, 11) is 0. The maximum Gasteiger partial charge on any atom is 0.321 e. The number of fused-ring (bicyclic) bond motifs is 1. The first-order valence-electron chi connectivity index (χ1n) is 5.47. The van der Waals surface area contributed by atoms with E-state index in [4.69, 9.17) is 4.74 Å². The number of carbonyl (C=O) groups is 1. The molecule has 0 atom stereocenters. The molecule has 0 N–H and O–H groups in total. The van der Waals surface area contributed by atoms with Crippen LogP contribution in [0.4, 0.5) is 0 Å². The van der Waals surface area contributed by atoms with Gasteiger partial charge in [0.2, 0.25) is 0 Å². The lowest BCUT2D eigenvalue weighted by Gasteiger charge is -2.32. The van der Waals surface area contributed by atoms with Gasteiger partial charge >= 0.3 is 5.97 Å². The van der Waals surface area contributed by atoms with Gasteiger partial charge in [0, 0.05) is 5.56 Å². The van der Waals surface area contributed by atoms with E-state index in [0.29, 0.717) is 5.75 Å². The fourth-order valence-corrected chi connectivity index (χ4v) is 2.13. The summed E-state index contributed by atoms with van der Waals surface area (Å²) in [5.41, 5.74) is 2.69. The molecule has 0 saturated heterocycles. The first-order valence-corrected chi connectivity index (χ1v) is 5.47. The summed E-state index contributed by atoms with van der Waals surface area (Å²) in [5, 5.41) is 0. The average molecular weight is 216 g/mol. The van der Waals surface area contributed by atoms with Crippen LogP contribution in [0.15, 0.2) is 24.3 Å². The van der Waals surface area contributed by atoms with Crippen molar-refractivity contribution in [3.63, 3.8) is 0 Å². The predicted octanol–water partition coefficient (Wildman–Crippen LogP) is 3.34. The second-order valence-electron chi connectivity index (χ2n) is 4.72. The molecule has 1 aromatic rings. The van der Waals surface area contributed by atoms with Gasteiger partial charge in [0.25, 0.3) is 0 Å². The maximum absolute atomic E-state index is 11.9. The van der Waals surface area contributed by atoms with Crippen LogP contribution in [0, 0.1) is 12.3 Å². The lowest BCUT2D eigenvalue weighted by atomic mass is 9.78. The number of allylic oxidation sites excluding steroid dienone is 1. The molecular formula is C14H16O2. The van der Waals surface area contributed by atoms with Crippen LogP contribution in [0.25, 0.3) is 5.57 Å². The van der Waals surface area contributed by atoms with Crippen molar-refractivity contribution in [3.8, 4) is 5.75 Å². The Morgan fingerprint density at radius 3 is 2.62 bits per heavy atom. The topological polar surface area (TPSA) is 26.3 Å². The van der Waals surface area contributed by atoms with Crippen LogP contribution in [-0.2, 0) is 4.79 Å². The van der Waals surface area contributed by atoms with Gasteiger partial charge in [-0.1, -0.05) is 17.7 Å². The van der Waals surface area contributed by atoms with E-state index in [1.54, 1.807) is 0 Å². The zero-order chi connectivity index (χ0) is 11.9. The predicted molar refractivity (Wildman–Crippen MR) is 64.2 cm³/mol. The Bertz CT molecular complexity index is 482. The van der Waals surface area contributed by atoms with E-state index in [1.165, 1.54) is 5.56 Å². The summed E-state index contributed by atoms with van der Waals surface area (Å²) in [4.78, 5) is 11.9. The number of benzene rings is 1. The summed E-state index contributed by atoms with van der Waals surface area (Å²) >= 11 is 0. The van der Waals surface area contributed by atoms with E-state index >= 15 is 0 Å². The first-order chi connectivity index (χ1) is 7.46. The van der Waals surface area contributed by atoms with Crippen LogP contribution in [0.5, 0.6) is 5.75 Å².